The molecule has 1 N–H and O–H groups in total. The van der Waals surface area contributed by atoms with Crippen molar-refractivity contribution in [1.82, 2.24) is 5.32 Å². The van der Waals surface area contributed by atoms with E-state index in [0.29, 0.717) is 11.1 Å². The lowest BCUT2D eigenvalue weighted by molar-refractivity contribution is -0.130. The Labute approximate surface area is 151 Å². The quantitative estimate of drug-likeness (QED) is 0.830. The summed E-state index contributed by atoms with van der Waals surface area (Å²) in [5.74, 6) is -0.620. The summed E-state index contributed by atoms with van der Waals surface area (Å²) in [5, 5.41) is 4.84. The zero-order valence-electron chi connectivity index (χ0n) is 14.0. The average molecular weight is 355 g/mol. The van der Waals surface area contributed by atoms with Gasteiger partial charge in [0.05, 0.1) is 5.56 Å². The van der Waals surface area contributed by atoms with Gasteiger partial charge in [0.1, 0.15) is 0 Å². The van der Waals surface area contributed by atoms with Crippen molar-refractivity contribution in [1.29, 1.82) is 0 Å². The monoisotopic (exact) mass is 355 g/mol. The van der Waals surface area contributed by atoms with E-state index < -0.39 is 6.10 Å². The van der Waals surface area contributed by atoms with E-state index in [-0.39, 0.29) is 17.9 Å². The van der Waals surface area contributed by atoms with Gasteiger partial charge in [0, 0.05) is 21.9 Å². The summed E-state index contributed by atoms with van der Waals surface area (Å²) in [6.45, 7) is 0. The van der Waals surface area contributed by atoms with Crippen molar-refractivity contribution >= 4 is 23.2 Å². The van der Waals surface area contributed by atoms with Crippen molar-refractivity contribution in [2.75, 3.05) is 0 Å². The van der Waals surface area contributed by atoms with Gasteiger partial charge in [0.25, 0.3) is 5.91 Å². The van der Waals surface area contributed by atoms with Gasteiger partial charge in [0.15, 0.2) is 0 Å². The molecule has 4 rings (SSSR count). The molecule has 0 radical (unpaired) electrons. The summed E-state index contributed by atoms with van der Waals surface area (Å²) in [6, 6.07) is 9.48. The Morgan fingerprint density at radius 1 is 1.12 bits per heavy atom. The van der Waals surface area contributed by atoms with Crippen molar-refractivity contribution < 1.29 is 14.3 Å². The largest absolute Gasteiger partial charge is 0.444 e. The van der Waals surface area contributed by atoms with Crippen LogP contribution < -0.4 is 5.32 Å². The van der Waals surface area contributed by atoms with Crippen molar-refractivity contribution in [3.63, 3.8) is 0 Å². The Bertz CT molecular complexity index is 779. The minimum Gasteiger partial charge on any atom is -0.444 e. The number of rotatable bonds is 5. The molecule has 25 heavy (non-hydrogen) atoms. The van der Waals surface area contributed by atoms with Crippen LogP contribution >= 0.6 is 11.3 Å². The number of nitrogens with one attached hydrogen (secondary N) is 1. The molecule has 2 aromatic rings. The summed E-state index contributed by atoms with van der Waals surface area (Å²) < 4.78 is 5.69. The zero-order chi connectivity index (χ0) is 17.2. The molecule has 1 fully saturated rings. The van der Waals surface area contributed by atoms with Gasteiger partial charge in [-0.1, -0.05) is 30.3 Å². The molecule has 4 nitrogen and oxygen atoms in total. The molecule has 0 aliphatic heterocycles. The van der Waals surface area contributed by atoms with E-state index in [4.69, 9.17) is 4.74 Å². The van der Waals surface area contributed by atoms with Crippen molar-refractivity contribution in [2.45, 2.75) is 50.7 Å². The third kappa shape index (κ3) is 3.61. The third-order valence-corrected chi connectivity index (χ3v) is 5.86. The van der Waals surface area contributed by atoms with E-state index in [1.54, 1.807) is 11.3 Å². The van der Waals surface area contributed by atoms with Crippen molar-refractivity contribution in [3.05, 3.63) is 57.3 Å². The third-order valence-electron chi connectivity index (χ3n) is 4.77. The number of carbonyl (C=O) groups is 2. The van der Waals surface area contributed by atoms with Crippen molar-refractivity contribution in [2.24, 2.45) is 0 Å². The molecule has 0 saturated heterocycles. The molecule has 1 aromatic carbocycles. The second-order valence-electron chi connectivity index (χ2n) is 6.74. The van der Waals surface area contributed by atoms with E-state index in [9.17, 15) is 9.59 Å². The molecule has 1 atom stereocenters. The molecular formula is C20H21NO3S. The molecule has 1 heterocycles. The number of hydrogen-bond acceptors (Lipinski definition) is 4. The minimum absolute atomic E-state index is 0.228. The van der Waals surface area contributed by atoms with Gasteiger partial charge < -0.3 is 10.1 Å². The number of amides is 1. The van der Waals surface area contributed by atoms with Gasteiger partial charge in [-0.05, 0) is 44.1 Å². The number of benzene rings is 1. The number of fused-ring (bicyclic) bond motifs is 1. The van der Waals surface area contributed by atoms with Crippen LogP contribution in [0.25, 0.3) is 0 Å². The fraction of sp³-hybridized carbons (Fsp3) is 0.400. The summed E-state index contributed by atoms with van der Waals surface area (Å²) in [7, 11) is 0. The number of aryl methyl sites for hydroxylation is 1. The topological polar surface area (TPSA) is 55.4 Å². The molecule has 1 aromatic heterocycles. The molecule has 5 heteroatoms. The molecule has 2 aliphatic rings. The fourth-order valence-corrected chi connectivity index (χ4v) is 4.36. The lowest BCUT2D eigenvalue weighted by Crippen LogP contribution is -2.33. The molecule has 130 valence electrons. The van der Waals surface area contributed by atoms with E-state index in [1.165, 1.54) is 11.3 Å². The second-order valence-corrected chi connectivity index (χ2v) is 7.70. The van der Waals surface area contributed by atoms with Crippen LogP contribution in [0.15, 0.2) is 35.7 Å². The highest BCUT2D eigenvalue weighted by Crippen LogP contribution is 2.32. The van der Waals surface area contributed by atoms with Crippen LogP contribution in [0.1, 0.15) is 58.1 Å². The maximum absolute atomic E-state index is 12.8. The standard InChI is InChI=1S/C20H21NO3S/c22-19(21-14-10-11-14)18(13-6-2-1-3-7-13)24-20(23)16-12-25-17-9-5-4-8-15(16)17/h1-3,6-7,12,14,18H,4-5,8-11H2,(H,21,22)/t18-/m1/s1. The Morgan fingerprint density at radius 3 is 2.64 bits per heavy atom. The number of thiophene rings is 1. The van der Waals surface area contributed by atoms with Crippen molar-refractivity contribution in [3.8, 4) is 0 Å². The minimum atomic E-state index is -0.895. The number of ether oxygens (including phenoxy) is 1. The molecular weight excluding hydrogens is 334 g/mol. The number of hydrogen-bond donors (Lipinski definition) is 1. The SMILES string of the molecule is O=C(O[C@@H](C(=O)NC1CC1)c1ccccc1)c1csc2c1CCCC2. The maximum Gasteiger partial charge on any atom is 0.340 e. The smallest absolute Gasteiger partial charge is 0.340 e. The summed E-state index contributed by atoms with van der Waals surface area (Å²) in [4.78, 5) is 26.7. The zero-order valence-corrected chi connectivity index (χ0v) is 14.8. The highest BCUT2D eigenvalue weighted by Gasteiger charge is 2.32. The summed E-state index contributed by atoms with van der Waals surface area (Å²) >= 11 is 1.63. The normalized spacial score (nSPS) is 17.4. The Kier molecular flexibility index (Phi) is 4.57. The predicted molar refractivity (Wildman–Crippen MR) is 96.7 cm³/mol. The Balaban J connectivity index is 1.56. The van der Waals surface area contributed by atoms with Gasteiger partial charge in [-0.15, -0.1) is 11.3 Å². The molecule has 0 bridgehead atoms. The van der Waals surface area contributed by atoms with E-state index >= 15 is 0 Å². The van der Waals surface area contributed by atoms with Gasteiger partial charge >= 0.3 is 5.97 Å². The number of esters is 1. The van der Waals surface area contributed by atoms with E-state index in [0.717, 1.165) is 37.7 Å². The Morgan fingerprint density at radius 2 is 1.88 bits per heavy atom. The van der Waals surface area contributed by atoms with Crippen LogP contribution in [-0.4, -0.2) is 17.9 Å². The first kappa shape index (κ1) is 16.3. The highest BCUT2D eigenvalue weighted by atomic mass is 32.1. The summed E-state index contributed by atoms with van der Waals surface area (Å²) in [5.41, 5.74) is 2.47. The number of carbonyl (C=O) groups excluding carboxylic acids is 2. The van der Waals surface area contributed by atoms with Crippen LogP contribution in [0.2, 0.25) is 0 Å². The molecule has 0 unspecified atom stereocenters. The van der Waals surface area contributed by atoms with Gasteiger partial charge in [0.2, 0.25) is 6.10 Å². The molecule has 1 saturated carbocycles. The van der Waals surface area contributed by atoms with Crippen LogP contribution in [0, 0.1) is 0 Å². The first-order chi connectivity index (χ1) is 12.2. The van der Waals surface area contributed by atoms with Gasteiger partial charge in [-0.3, -0.25) is 4.79 Å². The lowest BCUT2D eigenvalue weighted by Gasteiger charge is -2.19. The van der Waals surface area contributed by atoms with E-state index in [2.05, 4.69) is 5.32 Å². The van der Waals surface area contributed by atoms with Crippen LogP contribution in [0.5, 0.6) is 0 Å². The van der Waals surface area contributed by atoms with E-state index in [1.807, 2.05) is 35.7 Å². The highest BCUT2D eigenvalue weighted by molar-refractivity contribution is 7.10. The predicted octanol–water partition coefficient (Wildman–Crippen LogP) is 3.80. The first-order valence-electron chi connectivity index (χ1n) is 8.88. The van der Waals surface area contributed by atoms with Gasteiger partial charge in [-0.2, -0.15) is 0 Å². The van der Waals surface area contributed by atoms with Crippen LogP contribution in [0.3, 0.4) is 0 Å². The summed E-state index contributed by atoms with van der Waals surface area (Å²) in [6.07, 6.45) is 5.35. The van der Waals surface area contributed by atoms with Gasteiger partial charge in [-0.25, -0.2) is 4.79 Å². The van der Waals surface area contributed by atoms with Crippen LogP contribution in [-0.2, 0) is 22.4 Å². The lowest BCUT2D eigenvalue weighted by atomic mass is 9.96. The molecule has 1 amide bonds. The van der Waals surface area contributed by atoms with Crippen LogP contribution in [0.4, 0.5) is 0 Å². The average Bonchev–Trinajstić information content (AvgIpc) is 3.35. The first-order valence-corrected chi connectivity index (χ1v) is 9.76. The fourth-order valence-electron chi connectivity index (χ4n) is 3.24. The molecule has 2 aliphatic carbocycles. The second kappa shape index (κ2) is 7.00. The Hall–Kier alpha value is -2.14. The molecule has 0 spiro atoms. The maximum atomic E-state index is 12.8.